The van der Waals surface area contributed by atoms with E-state index in [0.717, 1.165) is 5.56 Å². The predicted molar refractivity (Wildman–Crippen MR) is 71.2 cm³/mol. The third-order valence-electron chi connectivity index (χ3n) is 2.73. The van der Waals surface area contributed by atoms with E-state index in [-0.39, 0.29) is 0 Å². The number of carboxylic acid groups (broad SMARTS) is 1. The van der Waals surface area contributed by atoms with Gasteiger partial charge >= 0.3 is 5.97 Å². The molecule has 0 radical (unpaired) electrons. The molecule has 0 bridgehead atoms. The van der Waals surface area contributed by atoms with Crippen molar-refractivity contribution in [3.05, 3.63) is 65.6 Å². The number of aliphatic hydroxyl groups excluding tert-OH is 1. The zero-order chi connectivity index (χ0) is 14.5. The number of aliphatic hydroxyl groups is 1. The third-order valence-corrected chi connectivity index (χ3v) is 2.73. The summed E-state index contributed by atoms with van der Waals surface area (Å²) < 4.78 is 5.02. The van der Waals surface area contributed by atoms with Crippen molar-refractivity contribution in [2.75, 3.05) is 0 Å². The first kappa shape index (κ1) is 13.6. The molecule has 0 aliphatic carbocycles. The highest BCUT2D eigenvalue weighted by atomic mass is 16.4. The van der Waals surface area contributed by atoms with E-state index >= 15 is 0 Å². The van der Waals surface area contributed by atoms with Crippen LogP contribution in [0.3, 0.4) is 0 Å². The highest BCUT2D eigenvalue weighted by molar-refractivity contribution is 6.38. The quantitative estimate of drug-likeness (QED) is 0.496. The molecule has 0 fully saturated rings. The molecule has 102 valence electrons. The maximum atomic E-state index is 11.1. The molecule has 5 heteroatoms. The highest BCUT2D eigenvalue weighted by Crippen LogP contribution is 2.21. The lowest BCUT2D eigenvalue weighted by molar-refractivity contribution is -0.146. The monoisotopic (exact) mass is 272 g/mol. The molecule has 2 rings (SSSR count). The summed E-state index contributed by atoms with van der Waals surface area (Å²) in [6.45, 7) is 0. The smallest absolute Gasteiger partial charge is 0.376 e. The summed E-state index contributed by atoms with van der Waals surface area (Å²) in [6, 6.07) is 9.50. The minimum absolute atomic E-state index is 0.309. The average Bonchev–Trinajstić information content (AvgIpc) is 2.88. The number of aliphatic carboxylic acids is 1. The largest absolute Gasteiger partial charge is 0.507 e. The van der Waals surface area contributed by atoms with Crippen LogP contribution in [0.5, 0.6) is 0 Å². The first-order chi connectivity index (χ1) is 9.58. The number of furan rings is 1. The van der Waals surface area contributed by atoms with Crippen LogP contribution < -0.4 is 0 Å². The molecule has 2 N–H and O–H groups in total. The number of carboxylic acids is 1. The number of rotatable bonds is 5. The predicted octanol–water partition coefficient (Wildman–Crippen LogP) is 2.42. The molecule has 0 saturated carbocycles. The Morgan fingerprint density at radius 2 is 1.80 bits per heavy atom. The van der Waals surface area contributed by atoms with Gasteiger partial charge in [-0.15, -0.1) is 0 Å². The Bertz CT molecular complexity index is 652. The standard InChI is InChI=1S/C15H12O5/c16-13(7-14(17)15(18)19)12-9-20-8-11(12)6-10-4-2-1-3-5-10/h1-5,7-9,16H,6H2,(H,18,19). The molecule has 1 heterocycles. The summed E-state index contributed by atoms with van der Waals surface area (Å²) in [6.07, 6.45) is 3.91. The minimum atomic E-state index is -1.62. The van der Waals surface area contributed by atoms with E-state index < -0.39 is 17.5 Å². The van der Waals surface area contributed by atoms with Gasteiger partial charge in [-0.1, -0.05) is 30.3 Å². The summed E-state index contributed by atoms with van der Waals surface area (Å²) in [5, 5.41) is 18.3. The lowest BCUT2D eigenvalue weighted by Crippen LogP contribution is -2.09. The van der Waals surface area contributed by atoms with E-state index in [1.54, 1.807) is 0 Å². The second-order valence-electron chi connectivity index (χ2n) is 4.17. The van der Waals surface area contributed by atoms with Gasteiger partial charge in [0.05, 0.1) is 11.8 Å². The third kappa shape index (κ3) is 3.14. The van der Waals surface area contributed by atoms with Crippen molar-refractivity contribution in [2.24, 2.45) is 0 Å². The van der Waals surface area contributed by atoms with Crippen LogP contribution in [0.1, 0.15) is 16.7 Å². The lowest BCUT2D eigenvalue weighted by Gasteiger charge is -2.02. The molecule has 0 aliphatic heterocycles. The Labute approximate surface area is 114 Å². The van der Waals surface area contributed by atoms with Gasteiger partial charge in [0.2, 0.25) is 0 Å². The molecule has 0 unspecified atom stereocenters. The molecular weight excluding hydrogens is 260 g/mol. The maximum Gasteiger partial charge on any atom is 0.376 e. The molecule has 2 aromatic rings. The van der Waals surface area contributed by atoms with Crippen LogP contribution in [-0.2, 0) is 16.0 Å². The van der Waals surface area contributed by atoms with Crippen LogP contribution in [0.2, 0.25) is 0 Å². The number of carbonyl (C=O) groups is 2. The Balaban J connectivity index is 2.25. The van der Waals surface area contributed by atoms with E-state index in [0.29, 0.717) is 23.6 Å². The molecule has 0 amide bonds. The van der Waals surface area contributed by atoms with Gasteiger partial charge in [0.25, 0.3) is 5.78 Å². The van der Waals surface area contributed by atoms with Crippen molar-refractivity contribution in [2.45, 2.75) is 6.42 Å². The normalized spacial score (nSPS) is 11.3. The number of carbonyl (C=O) groups excluding carboxylic acids is 1. The van der Waals surface area contributed by atoms with E-state index in [1.807, 2.05) is 30.3 Å². The summed E-state index contributed by atoms with van der Waals surface area (Å²) >= 11 is 0. The molecule has 0 atom stereocenters. The van der Waals surface area contributed by atoms with E-state index in [1.165, 1.54) is 12.5 Å². The van der Waals surface area contributed by atoms with E-state index in [2.05, 4.69) is 0 Å². The van der Waals surface area contributed by atoms with Crippen LogP contribution in [-0.4, -0.2) is 22.0 Å². The number of ketones is 1. The van der Waals surface area contributed by atoms with Crippen LogP contribution in [0, 0.1) is 0 Å². The summed E-state index contributed by atoms with van der Waals surface area (Å²) in [7, 11) is 0. The summed E-state index contributed by atoms with van der Waals surface area (Å²) in [5.74, 6) is -3.23. The van der Waals surface area contributed by atoms with Gasteiger partial charge in [-0.25, -0.2) is 4.79 Å². The van der Waals surface area contributed by atoms with Gasteiger partial charge in [-0.05, 0) is 5.56 Å². The van der Waals surface area contributed by atoms with Crippen LogP contribution in [0.4, 0.5) is 0 Å². The summed E-state index contributed by atoms with van der Waals surface area (Å²) in [4.78, 5) is 21.5. The fraction of sp³-hybridized carbons (Fsp3) is 0.0667. The van der Waals surface area contributed by atoms with Gasteiger partial charge in [0.1, 0.15) is 12.0 Å². The van der Waals surface area contributed by atoms with Crippen molar-refractivity contribution in [3.63, 3.8) is 0 Å². The Morgan fingerprint density at radius 3 is 2.45 bits per heavy atom. The van der Waals surface area contributed by atoms with Gasteiger partial charge in [0.15, 0.2) is 0 Å². The number of benzene rings is 1. The Hall–Kier alpha value is -2.82. The topological polar surface area (TPSA) is 87.7 Å². The first-order valence-electron chi connectivity index (χ1n) is 5.85. The molecular formula is C15H12O5. The molecule has 0 saturated heterocycles. The van der Waals surface area contributed by atoms with Gasteiger partial charge in [-0.2, -0.15) is 0 Å². The van der Waals surface area contributed by atoms with E-state index in [9.17, 15) is 14.7 Å². The first-order valence-corrected chi connectivity index (χ1v) is 5.85. The molecule has 1 aromatic carbocycles. The number of hydrogen-bond donors (Lipinski definition) is 2. The van der Waals surface area contributed by atoms with Crippen molar-refractivity contribution in [3.8, 4) is 0 Å². The molecule has 5 nitrogen and oxygen atoms in total. The average molecular weight is 272 g/mol. The Morgan fingerprint density at radius 1 is 1.10 bits per heavy atom. The highest BCUT2D eigenvalue weighted by Gasteiger charge is 2.14. The lowest BCUT2D eigenvalue weighted by atomic mass is 10.0. The minimum Gasteiger partial charge on any atom is -0.507 e. The zero-order valence-corrected chi connectivity index (χ0v) is 10.4. The molecule has 1 aromatic heterocycles. The van der Waals surface area contributed by atoms with Crippen LogP contribution in [0.25, 0.3) is 5.76 Å². The van der Waals surface area contributed by atoms with Crippen LogP contribution in [0.15, 0.2) is 53.4 Å². The van der Waals surface area contributed by atoms with Crippen molar-refractivity contribution in [1.29, 1.82) is 0 Å². The SMILES string of the molecule is O=C(O)C(=O)C=C(O)c1cocc1Cc1ccccc1. The molecule has 0 aliphatic rings. The maximum absolute atomic E-state index is 11.1. The van der Waals surface area contributed by atoms with Crippen LogP contribution >= 0.6 is 0 Å². The second kappa shape index (κ2) is 5.88. The van der Waals surface area contributed by atoms with Gasteiger partial charge < -0.3 is 14.6 Å². The fourth-order valence-electron chi connectivity index (χ4n) is 1.76. The second-order valence-corrected chi connectivity index (χ2v) is 4.17. The fourth-order valence-corrected chi connectivity index (χ4v) is 1.76. The van der Waals surface area contributed by atoms with Crippen molar-refractivity contribution in [1.82, 2.24) is 0 Å². The van der Waals surface area contributed by atoms with Gasteiger partial charge in [-0.3, -0.25) is 4.79 Å². The number of hydrogen-bond acceptors (Lipinski definition) is 4. The zero-order valence-electron chi connectivity index (χ0n) is 10.4. The molecule has 20 heavy (non-hydrogen) atoms. The van der Waals surface area contributed by atoms with E-state index in [4.69, 9.17) is 9.52 Å². The molecule has 0 spiro atoms. The van der Waals surface area contributed by atoms with Crippen molar-refractivity contribution < 1.29 is 24.2 Å². The summed E-state index contributed by atoms with van der Waals surface area (Å²) in [5.41, 5.74) is 1.99. The van der Waals surface area contributed by atoms with Gasteiger partial charge in [0, 0.05) is 18.1 Å². The van der Waals surface area contributed by atoms with Crippen molar-refractivity contribution >= 4 is 17.5 Å². The Kier molecular flexibility index (Phi) is 4.00.